The number of carbonyl (C=O) groups is 1. The van der Waals surface area contributed by atoms with Crippen molar-refractivity contribution in [1.82, 2.24) is 5.32 Å². The SMILES string of the molecule is CCC(=O)NC1CCOc2c(C(N)CC)cc(C)cc21. The van der Waals surface area contributed by atoms with Gasteiger partial charge in [0.25, 0.3) is 0 Å². The van der Waals surface area contributed by atoms with Gasteiger partial charge >= 0.3 is 0 Å². The molecule has 0 fully saturated rings. The Kier molecular flexibility index (Phi) is 4.65. The largest absolute Gasteiger partial charge is 0.493 e. The van der Waals surface area contributed by atoms with Crippen molar-refractivity contribution in [1.29, 1.82) is 0 Å². The Morgan fingerprint density at radius 1 is 1.50 bits per heavy atom. The quantitative estimate of drug-likeness (QED) is 0.888. The summed E-state index contributed by atoms with van der Waals surface area (Å²) < 4.78 is 5.85. The summed E-state index contributed by atoms with van der Waals surface area (Å²) >= 11 is 0. The molecule has 110 valence electrons. The van der Waals surface area contributed by atoms with Gasteiger partial charge in [-0.25, -0.2) is 0 Å². The lowest BCUT2D eigenvalue weighted by molar-refractivity contribution is -0.121. The van der Waals surface area contributed by atoms with Gasteiger partial charge in [-0.3, -0.25) is 4.79 Å². The summed E-state index contributed by atoms with van der Waals surface area (Å²) in [4.78, 5) is 11.7. The first kappa shape index (κ1) is 14.9. The van der Waals surface area contributed by atoms with E-state index in [2.05, 4.69) is 31.3 Å². The summed E-state index contributed by atoms with van der Waals surface area (Å²) in [5, 5.41) is 3.08. The number of hydrogen-bond donors (Lipinski definition) is 2. The van der Waals surface area contributed by atoms with Crippen LogP contribution in [0.5, 0.6) is 5.75 Å². The first-order valence-electron chi connectivity index (χ1n) is 7.39. The van der Waals surface area contributed by atoms with Gasteiger partial charge in [-0.2, -0.15) is 0 Å². The summed E-state index contributed by atoms with van der Waals surface area (Å²) in [5.41, 5.74) is 9.47. The van der Waals surface area contributed by atoms with Crippen LogP contribution in [-0.2, 0) is 4.79 Å². The van der Waals surface area contributed by atoms with Crippen LogP contribution in [0, 0.1) is 6.92 Å². The third-order valence-electron chi connectivity index (χ3n) is 3.81. The van der Waals surface area contributed by atoms with E-state index in [1.807, 2.05) is 6.92 Å². The Bertz CT molecular complexity index is 499. The minimum Gasteiger partial charge on any atom is -0.493 e. The summed E-state index contributed by atoms with van der Waals surface area (Å²) in [6.07, 6.45) is 2.17. The molecule has 0 spiro atoms. The highest BCUT2D eigenvalue weighted by Gasteiger charge is 2.26. The molecule has 1 aliphatic rings. The van der Waals surface area contributed by atoms with E-state index >= 15 is 0 Å². The fourth-order valence-corrected chi connectivity index (χ4v) is 2.63. The maximum atomic E-state index is 11.7. The molecule has 4 nitrogen and oxygen atoms in total. The third-order valence-corrected chi connectivity index (χ3v) is 3.81. The van der Waals surface area contributed by atoms with Gasteiger partial charge in [-0.1, -0.05) is 31.5 Å². The van der Waals surface area contributed by atoms with E-state index < -0.39 is 0 Å². The first-order chi connectivity index (χ1) is 9.56. The molecule has 0 saturated carbocycles. The Hall–Kier alpha value is -1.55. The second kappa shape index (κ2) is 6.27. The molecule has 1 aliphatic heterocycles. The van der Waals surface area contributed by atoms with Crippen LogP contribution in [0.1, 0.15) is 61.9 Å². The molecule has 1 amide bonds. The molecule has 0 saturated heterocycles. The number of rotatable bonds is 4. The standard InChI is InChI=1S/C16H24N2O2/c1-4-13(17)11-8-10(3)9-12-14(18-15(19)5-2)6-7-20-16(11)12/h8-9,13-14H,4-7,17H2,1-3H3,(H,18,19). The molecule has 3 N–H and O–H groups in total. The summed E-state index contributed by atoms with van der Waals surface area (Å²) in [6.45, 7) is 6.61. The molecule has 1 heterocycles. The molecule has 1 aromatic carbocycles. The molecule has 0 aliphatic carbocycles. The predicted octanol–water partition coefficient (Wildman–Crippen LogP) is 2.75. The Labute approximate surface area is 120 Å². The van der Waals surface area contributed by atoms with Crippen molar-refractivity contribution >= 4 is 5.91 Å². The van der Waals surface area contributed by atoms with Gasteiger partial charge in [0, 0.05) is 30.0 Å². The van der Waals surface area contributed by atoms with Crippen molar-refractivity contribution in [2.45, 2.75) is 52.1 Å². The normalized spacial score (nSPS) is 18.9. The smallest absolute Gasteiger partial charge is 0.220 e. The first-order valence-corrected chi connectivity index (χ1v) is 7.39. The van der Waals surface area contributed by atoms with Crippen LogP contribution in [0.3, 0.4) is 0 Å². The zero-order valence-electron chi connectivity index (χ0n) is 12.5. The third kappa shape index (κ3) is 2.96. The summed E-state index contributed by atoms with van der Waals surface area (Å²) in [7, 11) is 0. The molecule has 4 heteroatoms. The lowest BCUT2D eigenvalue weighted by Gasteiger charge is -2.30. The topological polar surface area (TPSA) is 64.3 Å². The number of carbonyl (C=O) groups excluding carboxylic acids is 1. The fraction of sp³-hybridized carbons (Fsp3) is 0.562. The van der Waals surface area contributed by atoms with Crippen LogP contribution in [0.25, 0.3) is 0 Å². The summed E-state index contributed by atoms with van der Waals surface area (Å²) in [5.74, 6) is 0.947. The van der Waals surface area contributed by atoms with Gasteiger partial charge in [0.15, 0.2) is 0 Å². The maximum absolute atomic E-state index is 11.7. The molecule has 0 bridgehead atoms. The molecule has 1 aromatic rings. The second-order valence-electron chi connectivity index (χ2n) is 5.40. The van der Waals surface area contributed by atoms with Crippen molar-refractivity contribution in [3.05, 3.63) is 28.8 Å². The molecule has 2 unspecified atom stereocenters. The highest BCUT2D eigenvalue weighted by Crippen LogP contribution is 2.38. The number of aryl methyl sites for hydroxylation is 1. The van der Waals surface area contributed by atoms with Gasteiger partial charge in [-0.05, 0) is 13.3 Å². The van der Waals surface area contributed by atoms with Crippen LogP contribution in [0.15, 0.2) is 12.1 Å². The Balaban J connectivity index is 2.40. The molecule has 0 aromatic heterocycles. The highest BCUT2D eigenvalue weighted by molar-refractivity contribution is 5.76. The van der Waals surface area contributed by atoms with Crippen LogP contribution < -0.4 is 15.8 Å². The van der Waals surface area contributed by atoms with Gasteiger partial charge in [0.2, 0.25) is 5.91 Å². The number of ether oxygens (including phenoxy) is 1. The number of fused-ring (bicyclic) bond motifs is 1. The van der Waals surface area contributed by atoms with Crippen molar-refractivity contribution in [2.75, 3.05) is 6.61 Å². The minimum atomic E-state index is -0.0238. The molecule has 0 radical (unpaired) electrons. The molecule has 2 atom stereocenters. The highest BCUT2D eigenvalue weighted by atomic mass is 16.5. The minimum absolute atomic E-state index is 0.0238. The van der Waals surface area contributed by atoms with Gasteiger partial charge in [0.05, 0.1) is 12.6 Å². The Morgan fingerprint density at radius 3 is 2.90 bits per heavy atom. The van der Waals surface area contributed by atoms with Crippen molar-refractivity contribution < 1.29 is 9.53 Å². The van der Waals surface area contributed by atoms with E-state index in [0.29, 0.717) is 13.0 Å². The molecular formula is C16H24N2O2. The van der Waals surface area contributed by atoms with Gasteiger partial charge < -0.3 is 15.8 Å². The number of benzene rings is 1. The van der Waals surface area contributed by atoms with Crippen LogP contribution in [-0.4, -0.2) is 12.5 Å². The van der Waals surface area contributed by atoms with Crippen molar-refractivity contribution in [2.24, 2.45) is 5.73 Å². The molecule has 2 rings (SSSR count). The van der Waals surface area contributed by atoms with Crippen LogP contribution >= 0.6 is 0 Å². The number of amides is 1. The number of nitrogens with two attached hydrogens (primary N) is 1. The monoisotopic (exact) mass is 276 g/mol. The van der Waals surface area contributed by atoms with Crippen molar-refractivity contribution in [3.63, 3.8) is 0 Å². The van der Waals surface area contributed by atoms with E-state index in [4.69, 9.17) is 10.5 Å². The zero-order chi connectivity index (χ0) is 14.7. The number of nitrogens with one attached hydrogen (secondary N) is 1. The van der Waals surface area contributed by atoms with Gasteiger partial charge in [0.1, 0.15) is 5.75 Å². The van der Waals surface area contributed by atoms with E-state index in [-0.39, 0.29) is 18.0 Å². The van der Waals surface area contributed by atoms with Crippen molar-refractivity contribution in [3.8, 4) is 5.75 Å². The Morgan fingerprint density at radius 2 is 2.25 bits per heavy atom. The average Bonchev–Trinajstić information content (AvgIpc) is 2.46. The zero-order valence-corrected chi connectivity index (χ0v) is 12.5. The van der Waals surface area contributed by atoms with E-state index in [0.717, 1.165) is 35.3 Å². The maximum Gasteiger partial charge on any atom is 0.220 e. The number of hydrogen-bond acceptors (Lipinski definition) is 3. The lowest BCUT2D eigenvalue weighted by atomic mass is 9.92. The van der Waals surface area contributed by atoms with E-state index in [1.165, 1.54) is 0 Å². The van der Waals surface area contributed by atoms with E-state index in [1.54, 1.807) is 0 Å². The molecular weight excluding hydrogens is 252 g/mol. The molecule has 20 heavy (non-hydrogen) atoms. The van der Waals surface area contributed by atoms with E-state index in [9.17, 15) is 4.79 Å². The van der Waals surface area contributed by atoms with Gasteiger partial charge in [-0.15, -0.1) is 0 Å². The second-order valence-corrected chi connectivity index (χ2v) is 5.40. The lowest BCUT2D eigenvalue weighted by Crippen LogP contribution is -2.32. The average molecular weight is 276 g/mol. The van der Waals surface area contributed by atoms with Crippen LogP contribution in [0.2, 0.25) is 0 Å². The summed E-state index contributed by atoms with van der Waals surface area (Å²) in [6, 6.07) is 4.20. The van der Waals surface area contributed by atoms with Crippen LogP contribution in [0.4, 0.5) is 0 Å². The fourth-order valence-electron chi connectivity index (χ4n) is 2.63. The predicted molar refractivity (Wildman–Crippen MR) is 79.7 cm³/mol.